The fourth-order valence-corrected chi connectivity index (χ4v) is 1.77. The highest BCUT2D eigenvalue weighted by atomic mass is 16.3. The Balaban J connectivity index is 1.96. The Bertz CT molecular complexity index is 566. The van der Waals surface area contributed by atoms with Crippen LogP contribution in [0.5, 0.6) is 0 Å². The number of carbonyl (C=O) groups is 1. The first kappa shape index (κ1) is 14.3. The van der Waals surface area contributed by atoms with Crippen molar-refractivity contribution in [3.8, 4) is 0 Å². The number of rotatable bonds is 4. The van der Waals surface area contributed by atoms with Crippen molar-refractivity contribution in [2.45, 2.75) is 45.6 Å². The van der Waals surface area contributed by atoms with Gasteiger partial charge >= 0.3 is 0 Å². The summed E-state index contributed by atoms with van der Waals surface area (Å²) in [6.45, 7) is 7.94. The molecule has 1 atom stereocenters. The molecule has 0 fully saturated rings. The molecule has 0 saturated heterocycles. The van der Waals surface area contributed by atoms with E-state index in [0.717, 1.165) is 5.76 Å². The summed E-state index contributed by atoms with van der Waals surface area (Å²) in [5, 5.41) is 9.62. The van der Waals surface area contributed by atoms with E-state index in [1.165, 1.54) is 0 Å². The second-order valence-electron chi connectivity index (χ2n) is 5.92. The van der Waals surface area contributed by atoms with Crippen molar-refractivity contribution in [3.05, 3.63) is 35.8 Å². The maximum atomic E-state index is 12.0. The maximum absolute atomic E-state index is 12.0. The third-order valence-electron chi connectivity index (χ3n) is 2.86. The molecule has 2 heterocycles. The molecular formula is C14H20N4O2. The smallest absolute Gasteiger partial charge is 0.291 e. The normalized spacial score (nSPS) is 13.2. The summed E-state index contributed by atoms with van der Waals surface area (Å²) in [5.41, 5.74) is -0.161. The van der Waals surface area contributed by atoms with Gasteiger partial charge in [-0.05, 0) is 19.1 Å². The molecule has 108 valence electrons. The fraction of sp³-hybridized carbons (Fsp3) is 0.500. The van der Waals surface area contributed by atoms with E-state index in [1.54, 1.807) is 6.26 Å². The van der Waals surface area contributed by atoms with Gasteiger partial charge in [0.25, 0.3) is 5.91 Å². The molecule has 0 saturated carbocycles. The van der Waals surface area contributed by atoms with Crippen LogP contribution in [0.15, 0.2) is 22.8 Å². The number of hydrogen-bond donors (Lipinski definition) is 2. The maximum Gasteiger partial charge on any atom is 0.291 e. The monoisotopic (exact) mass is 276 g/mol. The molecule has 6 heteroatoms. The van der Waals surface area contributed by atoms with E-state index < -0.39 is 0 Å². The van der Waals surface area contributed by atoms with Crippen LogP contribution in [-0.4, -0.2) is 27.1 Å². The lowest BCUT2D eigenvalue weighted by Crippen LogP contribution is -2.34. The minimum absolute atomic E-state index is 0.0507. The molecule has 1 amide bonds. The van der Waals surface area contributed by atoms with Crippen molar-refractivity contribution in [2.24, 2.45) is 0 Å². The summed E-state index contributed by atoms with van der Waals surface area (Å²) in [7, 11) is 0. The van der Waals surface area contributed by atoms with E-state index in [1.807, 2.05) is 39.8 Å². The number of amides is 1. The van der Waals surface area contributed by atoms with Gasteiger partial charge in [0.2, 0.25) is 5.82 Å². The Labute approximate surface area is 118 Å². The number of H-pyrrole nitrogens is 1. The number of hydrogen-bond acceptors (Lipinski definition) is 4. The van der Waals surface area contributed by atoms with Gasteiger partial charge in [0, 0.05) is 17.9 Å². The zero-order valence-electron chi connectivity index (χ0n) is 12.2. The third kappa shape index (κ3) is 3.46. The summed E-state index contributed by atoms with van der Waals surface area (Å²) in [5.74, 6) is 1.42. The highest BCUT2D eigenvalue weighted by molar-refractivity contribution is 5.90. The van der Waals surface area contributed by atoms with E-state index in [0.29, 0.717) is 12.2 Å². The topological polar surface area (TPSA) is 83.8 Å². The predicted molar refractivity (Wildman–Crippen MR) is 74.4 cm³/mol. The molecule has 0 radical (unpaired) electrons. The summed E-state index contributed by atoms with van der Waals surface area (Å²) < 4.78 is 5.25. The Hall–Kier alpha value is -2.11. The molecular weight excluding hydrogens is 256 g/mol. The van der Waals surface area contributed by atoms with Crippen molar-refractivity contribution in [1.29, 1.82) is 0 Å². The Morgan fingerprint density at radius 1 is 1.50 bits per heavy atom. The number of aromatic nitrogens is 3. The zero-order chi connectivity index (χ0) is 14.8. The van der Waals surface area contributed by atoms with Gasteiger partial charge in [-0.3, -0.25) is 9.89 Å². The van der Waals surface area contributed by atoms with Gasteiger partial charge in [0.15, 0.2) is 0 Å². The standard InChI is InChI=1S/C14H20N4O2/c1-9(8-10-6-5-7-20-10)15-12(19)11-16-13(18-17-11)14(2,3)4/h5-7,9H,8H2,1-4H3,(H,15,19)(H,16,17,18). The summed E-state index contributed by atoms with van der Waals surface area (Å²) in [4.78, 5) is 16.3. The lowest BCUT2D eigenvalue weighted by Gasteiger charge is -2.13. The molecule has 0 aliphatic rings. The van der Waals surface area contributed by atoms with Crippen molar-refractivity contribution < 1.29 is 9.21 Å². The van der Waals surface area contributed by atoms with Crippen LogP contribution in [0.2, 0.25) is 0 Å². The van der Waals surface area contributed by atoms with Crippen LogP contribution in [0, 0.1) is 0 Å². The molecule has 0 spiro atoms. The third-order valence-corrected chi connectivity index (χ3v) is 2.86. The van der Waals surface area contributed by atoms with Crippen LogP contribution < -0.4 is 5.32 Å². The van der Waals surface area contributed by atoms with Gasteiger partial charge in [-0.1, -0.05) is 20.8 Å². The number of furan rings is 1. The van der Waals surface area contributed by atoms with Crippen LogP contribution in [-0.2, 0) is 11.8 Å². The van der Waals surface area contributed by atoms with Gasteiger partial charge in [0.1, 0.15) is 11.6 Å². The van der Waals surface area contributed by atoms with Crippen LogP contribution in [0.1, 0.15) is 49.9 Å². The van der Waals surface area contributed by atoms with E-state index in [2.05, 4.69) is 20.5 Å². The lowest BCUT2D eigenvalue weighted by atomic mass is 9.96. The molecule has 1 unspecified atom stereocenters. The highest BCUT2D eigenvalue weighted by Crippen LogP contribution is 2.17. The Morgan fingerprint density at radius 3 is 2.80 bits per heavy atom. The van der Waals surface area contributed by atoms with E-state index in [-0.39, 0.29) is 23.2 Å². The fourth-order valence-electron chi connectivity index (χ4n) is 1.77. The minimum Gasteiger partial charge on any atom is -0.469 e. The second kappa shape index (κ2) is 5.48. The molecule has 0 bridgehead atoms. The lowest BCUT2D eigenvalue weighted by molar-refractivity contribution is 0.0929. The zero-order valence-corrected chi connectivity index (χ0v) is 12.2. The first-order valence-corrected chi connectivity index (χ1v) is 6.62. The molecule has 2 aromatic rings. The number of nitrogens with zero attached hydrogens (tertiary/aromatic N) is 2. The van der Waals surface area contributed by atoms with Crippen molar-refractivity contribution in [1.82, 2.24) is 20.5 Å². The summed E-state index contributed by atoms with van der Waals surface area (Å²) in [6.07, 6.45) is 2.25. The van der Waals surface area contributed by atoms with Gasteiger partial charge in [-0.15, -0.1) is 5.10 Å². The van der Waals surface area contributed by atoms with Crippen molar-refractivity contribution >= 4 is 5.91 Å². The molecule has 6 nitrogen and oxygen atoms in total. The largest absolute Gasteiger partial charge is 0.469 e. The van der Waals surface area contributed by atoms with Crippen LogP contribution in [0.25, 0.3) is 0 Å². The van der Waals surface area contributed by atoms with Crippen LogP contribution >= 0.6 is 0 Å². The Kier molecular flexibility index (Phi) is 3.92. The quantitative estimate of drug-likeness (QED) is 0.895. The summed E-state index contributed by atoms with van der Waals surface area (Å²) in [6, 6.07) is 3.66. The molecule has 20 heavy (non-hydrogen) atoms. The molecule has 2 N–H and O–H groups in total. The van der Waals surface area contributed by atoms with E-state index in [9.17, 15) is 4.79 Å². The summed E-state index contributed by atoms with van der Waals surface area (Å²) >= 11 is 0. The average molecular weight is 276 g/mol. The SMILES string of the molecule is CC(Cc1ccco1)NC(=O)c1n[nH]c(C(C)(C)C)n1. The molecule has 2 aromatic heterocycles. The first-order chi connectivity index (χ1) is 9.36. The first-order valence-electron chi connectivity index (χ1n) is 6.62. The van der Waals surface area contributed by atoms with Crippen molar-refractivity contribution in [3.63, 3.8) is 0 Å². The average Bonchev–Trinajstić information content (AvgIpc) is 2.97. The molecule has 0 aliphatic heterocycles. The predicted octanol–water partition coefficient (Wildman–Crippen LogP) is 2.06. The Morgan fingerprint density at radius 2 is 2.25 bits per heavy atom. The number of nitrogens with one attached hydrogen (secondary N) is 2. The van der Waals surface area contributed by atoms with Crippen LogP contribution in [0.3, 0.4) is 0 Å². The van der Waals surface area contributed by atoms with Gasteiger partial charge in [0.05, 0.1) is 6.26 Å². The van der Waals surface area contributed by atoms with E-state index >= 15 is 0 Å². The van der Waals surface area contributed by atoms with Crippen molar-refractivity contribution in [2.75, 3.05) is 0 Å². The molecule has 2 rings (SSSR count). The van der Waals surface area contributed by atoms with Gasteiger partial charge in [-0.25, -0.2) is 4.98 Å². The van der Waals surface area contributed by atoms with Gasteiger partial charge in [-0.2, -0.15) is 0 Å². The van der Waals surface area contributed by atoms with Crippen LogP contribution in [0.4, 0.5) is 0 Å². The highest BCUT2D eigenvalue weighted by Gasteiger charge is 2.22. The van der Waals surface area contributed by atoms with E-state index in [4.69, 9.17) is 4.42 Å². The van der Waals surface area contributed by atoms with Gasteiger partial charge < -0.3 is 9.73 Å². The minimum atomic E-state index is -0.282. The number of carbonyl (C=O) groups excluding carboxylic acids is 1. The number of aromatic amines is 1. The molecule has 0 aromatic carbocycles. The second-order valence-corrected chi connectivity index (χ2v) is 5.92. The molecule has 0 aliphatic carbocycles.